The molecule has 0 aliphatic heterocycles. The van der Waals surface area contributed by atoms with Gasteiger partial charge in [-0.2, -0.15) is 0 Å². The molecule has 0 saturated heterocycles. The van der Waals surface area contributed by atoms with E-state index in [1.54, 1.807) is 0 Å². The summed E-state index contributed by atoms with van der Waals surface area (Å²) in [5.41, 5.74) is 4.26. The molecular weight excluding hydrogens is 220 g/mol. The minimum Gasteiger partial charge on any atom is -0.294 e. The first-order chi connectivity index (χ1) is 8.59. The Labute approximate surface area is 108 Å². The Bertz CT molecular complexity index is 555. The molecule has 2 aromatic rings. The number of carbonyl (C=O) groups excluding carboxylic acids is 1. The molecule has 2 rings (SSSR count). The van der Waals surface area contributed by atoms with E-state index in [1.165, 1.54) is 11.1 Å². The molecule has 0 fully saturated rings. The van der Waals surface area contributed by atoms with E-state index in [-0.39, 0.29) is 11.7 Å². The number of aryl methyl sites for hydroxylation is 2. The van der Waals surface area contributed by atoms with Gasteiger partial charge in [0, 0.05) is 11.5 Å². The van der Waals surface area contributed by atoms with Crippen LogP contribution in [0.3, 0.4) is 0 Å². The summed E-state index contributed by atoms with van der Waals surface area (Å²) < 4.78 is 0. The van der Waals surface area contributed by atoms with E-state index in [0.29, 0.717) is 0 Å². The Morgan fingerprint density at radius 1 is 0.944 bits per heavy atom. The highest BCUT2D eigenvalue weighted by atomic mass is 16.1. The number of rotatable bonds is 3. The minimum absolute atomic E-state index is 0.0895. The lowest BCUT2D eigenvalue weighted by molar-refractivity contribution is 0.0966. The monoisotopic (exact) mass is 238 g/mol. The van der Waals surface area contributed by atoms with E-state index in [2.05, 4.69) is 6.92 Å². The maximum Gasteiger partial charge on any atom is 0.170 e. The van der Waals surface area contributed by atoms with E-state index in [9.17, 15) is 4.79 Å². The van der Waals surface area contributed by atoms with Crippen LogP contribution in [0.2, 0.25) is 0 Å². The standard InChI is InChI=1S/C17H18O/c1-12-9-10-16(11-13(12)2)17(18)14(3)15-7-5-4-6-8-15/h4-11,14H,1-3H3. The van der Waals surface area contributed by atoms with Crippen molar-refractivity contribution < 1.29 is 4.79 Å². The van der Waals surface area contributed by atoms with Gasteiger partial charge in [-0.3, -0.25) is 4.79 Å². The molecule has 18 heavy (non-hydrogen) atoms. The molecule has 1 heteroatoms. The second-order valence-corrected chi connectivity index (χ2v) is 4.80. The topological polar surface area (TPSA) is 17.1 Å². The van der Waals surface area contributed by atoms with Crippen LogP contribution < -0.4 is 0 Å². The summed E-state index contributed by atoms with van der Waals surface area (Å²) in [7, 11) is 0. The van der Waals surface area contributed by atoms with Crippen molar-refractivity contribution in [1.29, 1.82) is 0 Å². The Kier molecular flexibility index (Phi) is 3.61. The summed E-state index contributed by atoms with van der Waals surface area (Å²) in [6, 6.07) is 15.8. The maximum absolute atomic E-state index is 12.4. The molecule has 1 unspecified atom stereocenters. The molecule has 0 amide bonds. The van der Waals surface area contributed by atoms with Gasteiger partial charge in [-0.1, -0.05) is 49.4 Å². The number of hydrogen-bond acceptors (Lipinski definition) is 1. The molecular formula is C17H18O. The summed E-state index contributed by atoms with van der Waals surface area (Å²) in [6.07, 6.45) is 0. The SMILES string of the molecule is Cc1ccc(C(=O)C(C)c2ccccc2)cc1C. The van der Waals surface area contributed by atoms with E-state index >= 15 is 0 Å². The molecule has 0 saturated carbocycles. The molecule has 1 atom stereocenters. The predicted molar refractivity (Wildman–Crippen MR) is 75.1 cm³/mol. The van der Waals surface area contributed by atoms with Crippen LogP contribution in [0.25, 0.3) is 0 Å². The van der Waals surface area contributed by atoms with Gasteiger partial charge in [0.05, 0.1) is 0 Å². The zero-order chi connectivity index (χ0) is 13.1. The first-order valence-corrected chi connectivity index (χ1v) is 6.26. The third-order valence-corrected chi connectivity index (χ3v) is 3.48. The third-order valence-electron chi connectivity index (χ3n) is 3.48. The zero-order valence-corrected chi connectivity index (χ0v) is 11.1. The van der Waals surface area contributed by atoms with Crippen molar-refractivity contribution in [3.05, 3.63) is 70.8 Å². The van der Waals surface area contributed by atoms with Crippen LogP contribution in [0.15, 0.2) is 48.5 Å². The fraction of sp³-hybridized carbons (Fsp3) is 0.235. The maximum atomic E-state index is 12.4. The van der Waals surface area contributed by atoms with Crippen LogP contribution in [0, 0.1) is 13.8 Å². The quantitative estimate of drug-likeness (QED) is 0.729. The summed E-state index contributed by atoms with van der Waals surface area (Å²) in [4.78, 5) is 12.4. The number of carbonyl (C=O) groups is 1. The molecule has 0 spiro atoms. The Morgan fingerprint density at radius 2 is 1.61 bits per heavy atom. The number of benzene rings is 2. The Balaban J connectivity index is 2.29. The van der Waals surface area contributed by atoms with Crippen LogP contribution in [0.4, 0.5) is 0 Å². The smallest absolute Gasteiger partial charge is 0.170 e. The first-order valence-electron chi connectivity index (χ1n) is 6.26. The van der Waals surface area contributed by atoms with Gasteiger partial charge in [0.15, 0.2) is 5.78 Å². The van der Waals surface area contributed by atoms with Crippen LogP contribution >= 0.6 is 0 Å². The van der Waals surface area contributed by atoms with Gasteiger partial charge >= 0.3 is 0 Å². The van der Waals surface area contributed by atoms with Crippen molar-refractivity contribution >= 4 is 5.78 Å². The van der Waals surface area contributed by atoms with Gasteiger partial charge in [0.25, 0.3) is 0 Å². The van der Waals surface area contributed by atoms with Crippen LogP contribution in [0.1, 0.15) is 39.9 Å². The average Bonchev–Trinajstić information content (AvgIpc) is 2.41. The minimum atomic E-state index is -0.0895. The van der Waals surface area contributed by atoms with Crippen molar-refractivity contribution in [2.24, 2.45) is 0 Å². The lowest BCUT2D eigenvalue weighted by atomic mass is 9.91. The predicted octanol–water partition coefficient (Wildman–Crippen LogP) is 4.29. The summed E-state index contributed by atoms with van der Waals surface area (Å²) in [5.74, 6) is 0.0950. The van der Waals surface area contributed by atoms with Crippen molar-refractivity contribution in [1.82, 2.24) is 0 Å². The largest absolute Gasteiger partial charge is 0.294 e. The van der Waals surface area contributed by atoms with Gasteiger partial charge in [0.1, 0.15) is 0 Å². The van der Waals surface area contributed by atoms with Crippen molar-refractivity contribution in [2.45, 2.75) is 26.7 Å². The Morgan fingerprint density at radius 3 is 2.22 bits per heavy atom. The van der Waals surface area contributed by atoms with E-state index in [0.717, 1.165) is 11.1 Å². The molecule has 2 aromatic carbocycles. The average molecular weight is 238 g/mol. The molecule has 0 N–H and O–H groups in total. The molecule has 0 radical (unpaired) electrons. The lowest BCUT2D eigenvalue weighted by Gasteiger charge is -2.12. The summed E-state index contributed by atoms with van der Waals surface area (Å²) in [5, 5.41) is 0. The third kappa shape index (κ3) is 2.51. The second-order valence-electron chi connectivity index (χ2n) is 4.80. The van der Waals surface area contributed by atoms with E-state index in [4.69, 9.17) is 0 Å². The van der Waals surface area contributed by atoms with Gasteiger partial charge in [-0.25, -0.2) is 0 Å². The molecule has 0 heterocycles. The van der Waals surface area contributed by atoms with Crippen LogP contribution in [0.5, 0.6) is 0 Å². The highest BCUT2D eigenvalue weighted by Crippen LogP contribution is 2.21. The Hall–Kier alpha value is -1.89. The van der Waals surface area contributed by atoms with Gasteiger partial charge < -0.3 is 0 Å². The summed E-state index contributed by atoms with van der Waals surface area (Å²) >= 11 is 0. The highest BCUT2D eigenvalue weighted by Gasteiger charge is 2.17. The fourth-order valence-corrected chi connectivity index (χ4v) is 2.04. The van der Waals surface area contributed by atoms with Crippen LogP contribution in [-0.4, -0.2) is 5.78 Å². The molecule has 0 aliphatic carbocycles. The van der Waals surface area contributed by atoms with Crippen LogP contribution in [-0.2, 0) is 0 Å². The molecule has 0 aliphatic rings. The van der Waals surface area contributed by atoms with Gasteiger partial charge in [-0.05, 0) is 36.6 Å². The number of hydrogen-bond donors (Lipinski definition) is 0. The van der Waals surface area contributed by atoms with Crippen molar-refractivity contribution in [2.75, 3.05) is 0 Å². The number of ketones is 1. The normalized spacial score (nSPS) is 12.2. The fourth-order valence-electron chi connectivity index (χ4n) is 2.04. The van der Waals surface area contributed by atoms with Gasteiger partial charge in [0.2, 0.25) is 0 Å². The van der Waals surface area contributed by atoms with E-state index < -0.39 is 0 Å². The molecule has 0 aromatic heterocycles. The first kappa shape index (κ1) is 12.6. The number of Topliss-reactive ketones (excluding diaryl/α,β-unsaturated/α-hetero) is 1. The summed E-state index contributed by atoms with van der Waals surface area (Å²) in [6.45, 7) is 6.07. The van der Waals surface area contributed by atoms with Gasteiger partial charge in [-0.15, -0.1) is 0 Å². The second kappa shape index (κ2) is 5.18. The highest BCUT2D eigenvalue weighted by molar-refractivity contribution is 6.00. The zero-order valence-electron chi connectivity index (χ0n) is 11.1. The molecule has 92 valence electrons. The molecule has 0 bridgehead atoms. The van der Waals surface area contributed by atoms with Crippen molar-refractivity contribution in [3.63, 3.8) is 0 Å². The molecule has 1 nitrogen and oxygen atoms in total. The lowest BCUT2D eigenvalue weighted by Crippen LogP contribution is -2.09. The van der Waals surface area contributed by atoms with E-state index in [1.807, 2.05) is 62.4 Å². The van der Waals surface area contributed by atoms with Crippen molar-refractivity contribution in [3.8, 4) is 0 Å².